The Bertz CT molecular complexity index is 1310. The van der Waals surface area contributed by atoms with Crippen molar-refractivity contribution in [2.45, 2.75) is 13.2 Å². The van der Waals surface area contributed by atoms with Crippen LogP contribution in [-0.2, 0) is 18.0 Å². The minimum atomic E-state index is 0.188. The van der Waals surface area contributed by atoms with Crippen LogP contribution >= 0.6 is 0 Å². The van der Waals surface area contributed by atoms with Crippen molar-refractivity contribution in [1.29, 1.82) is 0 Å². The highest BCUT2D eigenvalue weighted by atomic mass is 16.6. The van der Waals surface area contributed by atoms with Gasteiger partial charge in [0, 0.05) is 0 Å². The fraction of sp³-hybridized carbons (Fsp3) is 0.0909. The smallest absolute Gasteiger partial charge is 0.180 e. The number of rotatable bonds is 7. The number of aromatic nitrogens is 6. The van der Waals surface area contributed by atoms with Gasteiger partial charge in [0.15, 0.2) is 17.1 Å². The maximum Gasteiger partial charge on any atom is 0.180 e. The van der Waals surface area contributed by atoms with E-state index in [4.69, 9.17) is 4.84 Å². The zero-order valence-corrected chi connectivity index (χ0v) is 16.1. The standard InChI is InChI=1S/C22H19N7O/c1-16(18-10-6-3-7-11-18)27-30-14-20-25-22-19-12-24-28(13-17-8-4-2-5-9-17)21(19)23-15-29(22)26-20/h2-12,15,27H,1,13-14H2. The van der Waals surface area contributed by atoms with Gasteiger partial charge in [0.2, 0.25) is 0 Å². The lowest BCUT2D eigenvalue weighted by atomic mass is 10.2. The zero-order chi connectivity index (χ0) is 20.3. The van der Waals surface area contributed by atoms with Crippen molar-refractivity contribution in [1.82, 2.24) is 34.8 Å². The highest BCUT2D eigenvalue weighted by Crippen LogP contribution is 2.17. The molecule has 0 unspecified atom stereocenters. The van der Waals surface area contributed by atoms with Crippen molar-refractivity contribution >= 4 is 22.4 Å². The van der Waals surface area contributed by atoms with Crippen LogP contribution in [0.4, 0.5) is 0 Å². The van der Waals surface area contributed by atoms with Gasteiger partial charge in [0.05, 0.1) is 23.8 Å². The molecule has 0 aliphatic carbocycles. The number of benzene rings is 2. The van der Waals surface area contributed by atoms with Crippen LogP contribution in [0.3, 0.4) is 0 Å². The van der Waals surface area contributed by atoms with Gasteiger partial charge < -0.3 is 0 Å². The van der Waals surface area contributed by atoms with Gasteiger partial charge in [-0.05, 0) is 11.1 Å². The van der Waals surface area contributed by atoms with E-state index in [-0.39, 0.29) is 6.61 Å². The summed E-state index contributed by atoms with van der Waals surface area (Å²) in [5.74, 6) is 0.536. The molecule has 0 saturated heterocycles. The Morgan fingerprint density at radius 3 is 2.57 bits per heavy atom. The van der Waals surface area contributed by atoms with E-state index in [0.29, 0.717) is 23.7 Å². The molecule has 8 heteroatoms. The molecule has 0 bridgehead atoms. The fourth-order valence-electron chi connectivity index (χ4n) is 3.23. The lowest BCUT2D eigenvalue weighted by Gasteiger charge is -2.08. The summed E-state index contributed by atoms with van der Waals surface area (Å²) in [6, 6.07) is 19.9. The summed E-state index contributed by atoms with van der Waals surface area (Å²) in [5.41, 5.74) is 7.09. The van der Waals surface area contributed by atoms with E-state index in [0.717, 1.165) is 22.2 Å². The van der Waals surface area contributed by atoms with Crippen LogP contribution in [0.5, 0.6) is 0 Å². The first-order valence-electron chi connectivity index (χ1n) is 9.50. The normalized spacial score (nSPS) is 11.2. The third kappa shape index (κ3) is 3.51. The molecular formula is C22H19N7O. The summed E-state index contributed by atoms with van der Waals surface area (Å²) in [6.07, 6.45) is 3.42. The number of fused-ring (bicyclic) bond motifs is 3. The van der Waals surface area contributed by atoms with Crippen molar-refractivity contribution in [3.05, 3.63) is 96.7 Å². The van der Waals surface area contributed by atoms with E-state index in [1.807, 2.05) is 53.2 Å². The molecule has 148 valence electrons. The van der Waals surface area contributed by atoms with Crippen LogP contribution < -0.4 is 5.48 Å². The molecular weight excluding hydrogens is 378 g/mol. The van der Waals surface area contributed by atoms with Crippen molar-refractivity contribution in [3.63, 3.8) is 0 Å². The molecule has 0 aliphatic rings. The first-order chi connectivity index (χ1) is 14.8. The molecule has 0 saturated carbocycles. The van der Waals surface area contributed by atoms with Crippen molar-refractivity contribution in [3.8, 4) is 0 Å². The monoisotopic (exact) mass is 397 g/mol. The lowest BCUT2D eigenvalue weighted by Crippen LogP contribution is -2.12. The Morgan fingerprint density at radius 1 is 1.00 bits per heavy atom. The van der Waals surface area contributed by atoms with E-state index in [1.54, 1.807) is 17.0 Å². The van der Waals surface area contributed by atoms with Crippen LogP contribution in [0, 0.1) is 0 Å². The molecule has 0 spiro atoms. The molecule has 0 radical (unpaired) electrons. The number of hydroxylamine groups is 1. The minimum Gasteiger partial charge on any atom is -0.268 e. The molecule has 0 fully saturated rings. The molecule has 2 aromatic carbocycles. The second-order valence-electron chi connectivity index (χ2n) is 6.80. The van der Waals surface area contributed by atoms with Gasteiger partial charge in [-0.1, -0.05) is 67.2 Å². The first kappa shape index (κ1) is 18.0. The summed E-state index contributed by atoms with van der Waals surface area (Å²) >= 11 is 0. The second-order valence-corrected chi connectivity index (χ2v) is 6.80. The third-order valence-electron chi connectivity index (χ3n) is 4.71. The summed E-state index contributed by atoms with van der Waals surface area (Å²) < 4.78 is 3.50. The van der Waals surface area contributed by atoms with Crippen molar-refractivity contribution in [2.75, 3.05) is 0 Å². The molecule has 0 amide bonds. The second kappa shape index (κ2) is 7.76. The van der Waals surface area contributed by atoms with Crippen LogP contribution in [0.2, 0.25) is 0 Å². The molecule has 30 heavy (non-hydrogen) atoms. The van der Waals surface area contributed by atoms with Crippen molar-refractivity contribution < 1.29 is 4.84 Å². The lowest BCUT2D eigenvalue weighted by molar-refractivity contribution is 0.0603. The number of nitrogens with zero attached hydrogens (tertiary/aromatic N) is 6. The maximum absolute atomic E-state index is 5.53. The van der Waals surface area contributed by atoms with E-state index in [2.05, 4.69) is 44.4 Å². The van der Waals surface area contributed by atoms with E-state index < -0.39 is 0 Å². The predicted octanol–water partition coefficient (Wildman–Crippen LogP) is 3.21. The average Bonchev–Trinajstić information content (AvgIpc) is 3.39. The molecule has 1 N–H and O–H groups in total. The summed E-state index contributed by atoms with van der Waals surface area (Å²) in [5, 5.41) is 9.77. The van der Waals surface area contributed by atoms with Gasteiger partial charge in [-0.25, -0.2) is 19.2 Å². The molecule has 5 aromatic rings. The Morgan fingerprint density at radius 2 is 1.77 bits per heavy atom. The highest BCUT2D eigenvalue weighted by Gasteiger charge is 2.13. The van der Waals surface area contributed by atoms with Gasteiger partial charge in [-0.2, -0.15) is 5.10 Å². The van der Waals surface area contributed by atoms with Crippen LogP contribution in [0.15, 0.2) is 79.8 Å². The summed E-state index contributed by atoms with van der Waals surface area (Å²) in [4.78, 5) is 14.6. The van der Waals surface area contributed by atoms with E-state index >= 15 is 0 Å². The van der Waals surface area contributed by atoms with Gasteiger partial charge in [0.25, 0.3) is 0 Å². The molecule has 3 aromatic heterocycles. The summed E-state index contributed by atoms with van der Waals surface area (Å²) in [7, 11) is 0. The van der Waals surface area contributed by atoms with Crippen molar-refractivity contribution in [2.24, 2.45) is 0 Å². The zero-order valence-electron chi connectivity index (χ0n) is 16.1. The topological polar surface area (TPSA) is 82.2 Å². The Labute approximate surface area is 172 Å². The van der Waals surface area contributed by atoms with Crippen LogP contribution in [0.1, 0.15) is 17.0 Å². The predicted molar refractivity (Wildman–Crippen MR) is 113 cm³/mol. The first-order valence-corrected chi connectivity index (χ1v) is 9.50. The van der Waals surface area contributed by atoms with Gasteiger partial charge in [0.1, 0.15) is 12.9 Å². The molecule has 3 heterocycles. The number of hydrogen-bond acceptors (Lipinski definition) is 6. The molecule has 5 rings (SSSR count). The maximum atomic E-state index is 5.53. The highest BCUT2D eigenvalue weighted by molar-refractivity contribution is 5.88. The quantitative estimate of drug-likeness (QED) is 0.425. The van der Waals surface area contributed by atoms with Gasteiger partial charge >= 0.3 is 0 Å². The Kier molecular flexibility index (Phi) is 4.66. The number of nitrogens with one attached hydrogen (secondary N) is 1. The third-order valence-corrected chi connectivity index (χ3v) is 4.71. The number of hydrogen-bond donors (Lipinski definition) is 1. The van der Waals surface area contributed by atoms with E-state index in [1.165, 1.54) is 0 Å². The van der Waals surface area contributed by atoms with Gasteiger partial charge in [-0.15, -0.1) is 5.10 Å². The minimum absolute atomic E-state index is 0.188. The SMILES string of the molecule is C=C(NOCc1nc2c3cnn(Cc4ccccc4)c3ncn2n1)c1ccccc1. The average molecular weight is 397 g/mol. The Hall–Kier alpha value is -4.04. The summed E-state index contributed by atoms with van der Waals surface area (Å²) in [6.45, 7) is 4.80. The largest absolute Gasteiger partial charge is 0.268 e. The van der Waals surface area contributed by atoms with E-state index in [9.17, 15) is 0 Å². The molecule has 8 nitrogen and oxygen atoms in total. The van der Waals surface area contributed by atoms with Crippen LogP contribution in [0.25, 0.3) is 22.4 Å². The molecule has 0 atom stereocenters. The van der Waals surface area contributed by atoms with Gasteiger partial charge in [-0.3, -0.25) is 10.3 Å². The fourth-order valence-corrected chi connectivity index (χ4v) is 3.23. The molecule has 0 aliphatic heterocycles. The van der Waals surface area contributed by atoms with Crippen LogP contribution in [-0.4, -0.2) is 29.4 Å². The Balaban J connectivity index is 1.33.